The maximum Gasteiger partial charge on any atom is 0.259 e. The van der Waals surface area contributed by atoms with E-state index < -0.39 is 0 Å². The third-order valence-electron chi connectivity index (χ3n) is 5.54. The Morgan fingerprint density at radius 3 is 2.50 bits per heavy atom. The fourth-order valence-electron chi connectivity index (χ4n) is 3.72. The molecule has 1 aromatic carbocycles. The molecule has 2 amide bonds. The minimum atomic E-state index is -0.139. The molecule has 1 saturated carbocycles. The summed E-state index contributed by atoms with van der Waals surface area (Å²) in [5, 5.41) is 7.56. The Kier molecular flexibility index (Phi) is 5.11. The normalized spacial score (nSPS) is 13.2. The van der Waals surface area contributed by atoms with Crippen molar-refractivity contribution in [2.45, 2.75) is 18.9 Å². The van der Waals surface area contributed by atoms with Gasteiger partial charge >= 0.3 is 0 Å². The molecule has 0 spiro atoms. The average Bonchev–Trinajstić information content (AvgIpc) is 3.57. The lowest BCUT2D eigenvalue weighted by atomic mass is 10.0. The summed E-state index contributed by atoms with van der Waals surface area (Å²) in [6.07, 6.45) is 7.01. The number of carbonyl (C=O) groups is 2. The molecule has 1 aliphatic rings. The number of carbonyl (C=O) groups excluding carboxylic acids is 2. The molecule has 0 saturated heterocycles. The zero-order chi connectivity index (χ0) is 22.2. The van der Waals surface area contributed by atoms with Gasteiger partial charge in [-0.1, -0.05) is 23.7 Å². The van der Waals surface area contributed by atoms with E-state index in [1.54, 1.807) is 65.4 Å². The Bertz CT molecular complexity index is 1310. The number of nitrogens with one attached hydrogen (secondary N) is 1. The van der Waals surface area contributed by atoms with Gasteiger partial charge in [-0.2, -0.15) is 5.10 Å². The monoisotopic (exact) mass is 445 g/mol. The molecule has 1 aliphatic carbocycles. The second kappa shape index (κ2) is 8.09. The molecule has 0 unspecified atom stereocenters. The van der Waals surface area contributed by atoms with E-state index in [4.69, 9.17) is 11.6 Å². The molecule has 3 heterocycles. The van der Waals surface area contributed by atoms with Crippen LogP contribution in [0.5, 0.6) is 0 Å². The van der Waals surface area contributed by atoms with Crippen LogP contribution in [0.2, 0.25) is 5.02 Å². The van der Waals surface area contributed by atoms with Crippen LogP contribution in [0, 0.1) is 0 Å². The van der Waals surface area contributed by atoms with Crippen LogP contribution in [0.1, 0.15) is 33.6 Å². The van der Waals surface area contributed by atoms with Gasteiger partial charge in [0, 0.05) is 42.2 Å². The van der Waals surface area contributed by atoms with Crippen molar-refractivity contribution in [3.05, 3.63) is 83.3 Å². The van der Waals surface area contributed by atoms with Gasteiger partial charge in [-0.25, -0.2) is 9.50 Å². The van der Waals surface area contributed by atoms with Crippen LogP contribution in [-0.2, 0) is 0 Å². The summed E-state index contributed by atoms with van der Waals surface area (Å²) >= 11 is 5.97. The van der Waals surface area contributed by atoms with Gasteiger partial charge in [0.05, 0.1) is 16.7 Å². The van der Waals surface area contributed by atoms with E-state index in [2.05, 4.69) is 15.4 Å². The molecule has 1 N–H and O–H groups in total. The van der Waals surface area contributed by atoms with Crippen LogP contribution < -0.4 is 10.2 Å². The fraction of sp³-hybridized carbons (Fsp3) is 0.167. The number of amides is 2. The summed E-state index contributed by atoms with van der Waals surface area (Å²) in [7, 11) is 1.60. The Morgan fingerprint density at radius 1 is 1.06 bits per heavy atom. The van der Waals surface area contributed by atoms with E-state index in [0.717, 1.165) is 29.5 Å². The Morgan fingerprint density at radius 2 is 1.84 bits per heavy atom. The predicted molar refractivity (Wildman–Crippen MR) is 123 cm³/mol. The lowest BCUT2D eigenvalue weighted by Crippen LogP contribution is -2.33. The third kappa shape index (κ3) is 3.71. The molecular weight excluding hydrogens is 426 g/mol. The smallest absolute Gasteiger partial charge is 0.259 e. The maximum absolute atomic E-state index is 13.5. The highest BCUT2D eigenvalue weighted by molar-refractivity contribution is 6.30. The maximum atomic E-state index is 13.5. The predicted octanol–water partition coefficient (Wildman–Crippen LogP) is 4.22. The third-order valence-corrected chi connectivity index (χ3v) is 5.77. The SMILES string of the molecule is CNC(=O)c1ccc(-c2cnn3ccc(C(=O)N(c4ccc(Cl)cn4)C4CC4)cc23)cc1. The van der Waals surface area contributed by atoms with E-state index in [1.165, 1.54) is 0 Å². The molecule has 4 aromatic rings. The Hall–Kier alpha value is -3.71. The highest BCUT2D eigenvalue weighted by Gasteiger charge is 2.35. The van der Waals surface area contributed by atoms with Gasteiger partial charge in [-0.05, 0) is 54.8 Å². The van der Waals surface area contributed by atoms with Crippen LogP contribution in [-0.4, -0.2) is 39.5 Å². The van der Waals surface area contributed by atoms with Gasteiger partial charge in [-0.3, -0.25) is 14.5 Å². The number of benzene rings is 1. The van der Waals surface area contributed by atoms with Gasteiger partial charge in [0.25, 0.3) is 11.8 Å². The Labute approximate surface area is 189 Å². The molecule has 0 atom stereocenters. The first-order valence-corrected chi connectivity index (χ1v) is 10.7. The summed E-state index contributed by atoms with van der Waals surface area (Å²) in [5.41, 5.74) is 3.74. The van der Waals surface area contributed by atoms with Crippen LogP contribution in [0.3, 0.4) is 0 Å². The Balaban J connectivity index is 1.51. The minimum absolute atomic E-state index is 0.105. The molecule has 0 bridgehead atoms. The molecule has 0 aliphatic heterocycles. The van der Waals surface area contributed by atoms with Crippen molar-refractivity contribution >= 4 is 34.7 Å². The number of fused-ring (bicyclic) bond motifs is 1. The largest absolute Gasteiger partial charge is 0.355 e. The standard InChI is InChI=1S/C24H20ClN5O2/c1-26-23(31)16-4-2-15(3-5-16)20-14-28-29-11-10-17(12-21(20)29)24(32)30(19-7-8-19)22-9-6-18(25)13-27-22/h2-6,9-14,19H,7-8H2,1H3,(H,26,31). The number of halogens is 1. The zero-order valence-electron chi connectivity index (χ0n) is 17.3. The first-order chi connectivity index (χ1) is 15.5. The van der Waals surface area contributed by atoms with Gasteiger partial charge in [0.2, 0.25) is 0 Å². The van der Waals surface area contributed by atoms with E-state index in [1.807, 2.05) is 18.2 Å². The van der Waals surface area contributed by atoms with Gasteiger partial charge < -0.3 is 5.32 Å². The first kappa shape index (κ1) is 20.2. The molecule has 32 heavy (non-hydrogen) atoms. The van der Waals surface area contributed by atoms with Crippen molar-refractivity contribution in [3.8, 4) is 11.1 Å². The summed E-state index contributed by atoms with van der Waals surface area (Å²) in [5.74, 6) is 0.354. The lowest BCUT2D eigenvalue weighted by Gasteiger charge is -2.21. The van der Waals surface area contributed by atoms with Crippen LogP contribution in [0.4, 0.5) is 5.82 Å². The van der Waals surface area contributed by atoms with Gasteiger partial charge in [0.15, 0.2) is 0 Å². The van der Waals surface area contributed by atoms with Crippen LogP contribution >= 0.6 is 11.6 Å². The lowest BCUT2D eigenvalue weighted by molar-refractivity contribution is 0.0960. The van der Waals surface area contributed by atoms with E-state index in [9.17, 15) is 9.59 Å². The van der Waals surface area contributed by atoms with Gasteiger partial charge in [0.1, 0.15) is 5.82 Å². The average molecular weight is 446 g/mol. The molecule has 1 fully saturated rings. The van der Waals surface area contributed by atoms with Crippen molar-refractivity contribution in [1.29, 1.82) is 0 Å². The van der Waals surface area contributed by atoms with Crippen molar-refractivity contribution in [2.24, 2.45) is 0 Å². The van der Waals surface area contributed by atoms with Crippen molar-refractivity contribution in [3.63, 3.8) is 0 Å². The number of pyridine rings is 2. The summed E-state index contributed by atoms with van der Waals surface area (Å²) in [6.45, 7) is 0. The minimum Gasteiger partial charge on any atom is -0.355 e. The number of rotatable bonds is 5. The summed E-state index contributed by atoms with van der Waals surface area (Å²) < 4.78 is 1.74. The summed E-state index contributed by atoms with van der Waals surface area (Å²) in [4.78, 5) is 31.4. The highest BCUT2D eigenvalue weighted by Crippen LogP contribution is 2.33. The molecule has 7 nitrogen and oxygen atoms in total. The number of nitrogens with zero attached hydrogens (tertiary/aromatic N) is 4. The molecule has 0 radical (unpaired) electrons. The number of anilines is 1. The molecule has 3 aromatic heterocycles. The molecule has 5 rings (SSSR count). The van der Waals surface area contributed by atoms with E-state index in [-0.39, 0.29) is 17.9 Å². The van der Waals surface area contributed by atoms with E-state index in [0.29, 0.717) is 22.0 Å². The molecular formula is C24H20ClN5O2. The number of hydrogen-bond acceptors (Lipinski definition) is 4. The molecule has 8 heteroatoms. The quantitative estimate of drug-likeness (QED) is 0.499. The number of aromatic nitrogens is 3. The van der Waals surface area contributed by atoms with Crippen molar-refractivity contribution in [1.82, 2.24) is 19.9 Å². The van der Waals surface area contributed by atoms with Crippen molar-refractivity contribution in [2.75, 3.05) is 11.9 Å². The second-order valence-corrected chi connectivity index (χ2v) is 8.14. The molecule has 160 valence electrons. The number of hydrogen-bond donors (Lipinski definition) is 1. The topological polar surface area (TPSA) is 79.6 Å². The van der Waals surface area contributed by atoms with Crippen LogP contribution in [0.15, 0.2) is 67.1 Å². The summed E-state index contributed by atoms with van der Waals surface area (Å²) in [6, 6.07) is 14.6. The highest BCUT2D eigenvalue weighted by atomic mass is 35.5. The van der Waals surface area contributed by atoms with E-state index >= 15 is 0 Å². The van der Waals surface area contributed by atoms with Crippen molar-refractivity contribution < 1.29 is 9.59 Å². The fourth-order valence-corrected chi connectivity index (χ4v) is 3.83. The first-order valence-electron chi connectivity index (χ1n) is 10.3. The van der Waals surface area contributed by atoms with Gasteiger partial charge in [-0.15, -0.1) is 0 Å². The second-order valence-electron chi connectivity index (χ2n) is 7.70. The van der Waals surface area contributed by atoms with Crippen LogP contribution in [0.25, 0.3) is 16.6 Å². The zero-order valence-corrected chi connectivity index (χ0v) is 18.1.